The van der Waals surface area contributed by atoms with Crippen LogP contribution in [-0.2, 0) is 9.59 Å². The van der Waals surface area contributed by atoms with Crippen molar-refractivity contribution in [3.63, 3.8) is 0 Å². The van der Waals surface area contributed by atoms with E-state index < -0.39 is 6.10 Å². The molecule has 1 heterocycles. The molecule has 0 aliphatic heterocycles. The molecule has 140 valence electrons. The zero-order valence-corrected chi connectivity index (χ0v) is 14.4. The maximum atomic E-state index is 12.1. The van der Waals surface area contributed by atoms with Crippen molar-refractivity contribution in [2.45, 2.75) is 25.0 Å². The van der Waals surface area contributed by atoms with E-state index in [1.165, 1.54) is 0 Å². The Labute approximate surface area is 146 Å². The summed E-state index contributed by atoms with van der Waals surface area (Å²) in [4.78, 5) is 37.2. The van der Waals surface area contributed by atoms with Crippen molar-refractivity contribution in [2.75, 3.05) is 27.2 Å². The average molecular weight is 354 g/mol. The van der Waals surface area contributed by atoms with Gasteiger partial charge < -0.3 is 30.7 Å². The molecule has 1 fully saturated rings. The van der Waals surface area contributed by atoms with Gasteiger partial charge in [-0.1, -0.05) is 0 Å². The van der Waals surface area contributed by atoms with Gasteiger partial charge in [-0.25, -0.2) is 0 Å². The first-order valence-electron chi connectivity index (χ1n) is 8.01. The van der Waals surface area contributed by atoms with Crippen LogP contribution in [0, 0.1) is 5.92 Å². The molecular formula is C16H26N4O5. The molecule has 5 N–H and O–H groups in total. The quantitative estimate of drug-likeness (QED) is 0.427. The minimum Gasteiger partial charge on any atom is -0.483 e. The first-order chi connectivity index (χ1) is 11.9. The van der Waals surface area contributed by atoms with Crippen LogP contribution in [0.2, 0.25) is 0 Å². The third-order valence-corrected chi connectivity index (χ3v) is 3.92. The van der Waals surface area contributed by atoms with Gasteiger partial charge in [0.1, 0.15) is 5.69 Å². The third-order valence-electron chi connectivity index (χ3n) is 3.92. The monoisotopic (exact) mass is 354 g/mol. The van der Waals surface area contributed by atoms with Crippen molar-refractivity contribution >= 4 is 18.3 Å². The molecule has 2 rings (SSSR count). The van der Waals surface area contributed by atoms with E-state index in [9.17, 15) is 14.7 Å². The molecule has 1 aliphatic carbocycles. The summed E-state index contributed by atoms with van der Waals surface area (Å²) in [5.74, 6) is -0.577. The molecule has 0 aromatic carbocycles. The van der Waals surface area contributed by atoms with Crippen LogP contribution in [0.5, 0.6) is 0 Å². The lowest BCUT2D eigenvalue weighted by molar-refractivity contribution is -0.125. The molecule has 0 radical (unpaired) electrons. The summed E-state index contributed by atoms with van der Waals surface area (Å²) in [7, 11) is 3.88. The third kappa shape index (κ3) is 6.94. The van der Waals surface area contributed by atoms with Crippen molar-refractivity contribution in [2.24, 2.45) is 5.92 Å². The normalized spacial score (nSPS) is 22.0. The fourth-order valence-corrected chi connectivity index (χ4v) is 2.65. The summed E-state index contributed by atoms with van der Waals surface area (Å²) in [6.45, 7) is 1.10. The number of hydrogen-bond acceptors (Lipinski definition) is 5. The predicted octanol–water partition coefficient (Wildman–Crippen LogP) is -0.737. The Kier molecular flexibility index (Phi) is 8.65. The number of hydrogen-bond donors (Lipinski definition) is 5. The molecule has 0 spiro atoms. The number of carboxylic acid groups (broad SMARTS) is 1. The number of aliphatic hydroxyl groups is 1. The van der Waals surface area contributed by atoms with E-state index in [2.05, 4.69) is 15.6 Å². The van der Waals surface area contributed by atoms with E-state index in [0.717, 1.165) is 6.54 Å². The van der Waals surface area contributed by atoms with Gasteiger partial charge in [0.2, 0.25) is 5.91 Å². The number of rotatable bonds is 6. The van der Waals surface area contributed by atoms with Gasteiger partial charge in [0, 0.05) is 25.2 Å². The Hall–Kier alpha value is -2.39. The van der Waals surface area contributed by atoms with Gasteiger partial charge in [0.05, 0.1) is 12.1 Å². The van der Waals surface area contributed by atoms with E-state index in [1.54, 1.807) is 18.3 Å². The largest absolute Gasteiger partial charge is 0.483 e. The number of likely N-dealkylation sites (N-methyl/N-ethyl adjacent to an activating group) is 1. The summed E-state index contributed by atoms with van der Waals surface area (Å²) in [5, 5.41) is 22.6. The lowest BCUT2D eigenvalue weighted by Crippen LogP contribution is -2.40. The summed E-state index contributed by atoms with van der Waals surface area (Å²) in [6, 6.07) is 3.02. The van der Waals surface area contributed by atoms with Crippen molar-refractivity contribution in [1.29, 1.82) is 0 Å². The second-order valence-corrected chi connectivity index (χ2v) is 6.10. The number of H-pyrrole nitrogens is 1. The van der Waals surface area contributed by atoms with Crippen LogP contribution in [-0.4, -0.2) is 77.7 Å². The molecule has 1 aromatic heterocycles. The van der Waals surface area contributed by atoms with E-state index in [0.29, 0.717) is 25.1 Å². The summed E-state index contributed by atoms with van der Waals surface area (Å²) >= 11 is 0. The highest BCUT2D eigenvalue weighted by atomic mass is 16.3. The summed E-state index contributed by atoms with van der Waals surface area (Å²) in [5.41, 5.74) is 0.450. The number of carbonyl (C=O) groups is 3. The molecule has 3 atom stereocenters. The number of amides is 2. The topological polar surface area (TPSA) is 135 Å². The van der Waals surface area contributed by atoms with Gasteiger partial charge in [-0.05, 0) is 39.1 Å². The Bertz CT molecular complexity index is 547. The fourth-order valence-electron chi connectivity index (χ4n) is 2.65. The van der Waals surface area contributed by atoms with Crippen LogP contribution >= 0.6 is 0 Å². The van der Waals surface area contributed by atoms with Crippen LogP contribution in [0.15, 0.2) is 18.3 Å². The summed E-state index contributed by atoms with van der Waals surface area (Å²) < 4.78 is 0. The summed E-state index contributed by atoms with van der Waals surface area (Å²) in [6.07, 6.45) is 1.81. The van der Waals surface area contributed by atoms with E-state index in [-0.39, 0.29) is 30.2 Å². The van der Waals surface area contributed by atoms with Gasteiger partial charge in [-0.3, -0.25) is 14.4 Å². The van der Waals surface area contributed by atoms with Crippen LogP contribution in [0.1, 0.15) is 23.3 Å². The SMILES string of the molecule is CN(C)CCNC(=O)[C@H]1C[C@H](NC(=O)c2ccc[nH]2)[C@@H](O)C1.O=CO. The standard InChI is InChI=1S/C15H24N4O3.CH2O2/c1-19(2)7-6-17-14(21)10-8-12(13(20)9-10)18-15(22)11-4-3-5-16-11;2-1-3/h3-5,10,12-13,16,20H,6-9H2,1-2H3,(H,17,21)(H,18,22);1H,(H,2,3)/t10-,12-,13-;/m0./s1. The van der Waals surface area contributed by atoms with Crippen molar-refractivity contribution in [3.8, 4) is 0 Å². The predicted molar refractivity (Wildman–Crippen MR) is 91.0 cm³/mol. The van der Waals surface area contributed by atoms with Gasteiger partial charge in [0.15, 0.2) is 0 Å². The van der Waals surface area contributed by atoms with Gasteiger partial charge in [0.25, 0.3) is 12.4 Å². The minimum absolute atomic E-state index is 0.0578. The van der Waals surface area contributed by atoms with Crippen molar-refractivity contribution < 1.29 is 24.6 Å². The first-order valence-corrected chi connectivity index (χ1v) is 8.01. The van der Waals surface area contributed by atoms with E-state index in [1.807, 2.05) is 19.0 Å². The van der Waals surface area contributed by atoms with Crippen molar-refractivity contribution in [3.05, 3.63) is 24.0 Å². The highest BCUT2D eigenvalue weighted by Gasteiger charge is 2.37. The van der Waals surface area contributed by atoms with Crippen LogP contribution in [0.3, 0.4) is 0 Å². The number of carbonyl (C=O) groups excluding carboxylic acids is 2. The molecular weight excluding hydrogens is 328 g/mol. The highest BCUT2D eigenvalue weighted by Crippen LogP contribution is 2.26. The Morgan fingerprint density at radius 2 is 2.08 bits per heavy atom. The number of nitrogens with one attached hydrogen (secondary N) is 3. The molecule has 2 amide bonds. The van der Waals surface area contributed by atoms with E-state index >= 15 is 0 Å². The molecule has 1 aromatic rings. The minimum atomic E-state index is -0.691. The lowest BCUT2D eigenvalue weighted by Gasteiger charge is -2.16. The lowest BCUT2D eigenvalue weighted by atomic mass is 10.1. The van der Waals surface area contributed by atoms with Gasteiger partial charge in [-0.2, -0.15) is 0 Å². The number of nitrogens with zero attached hydrogens (tertiary/aromatic N) is 1. The average Bonchev–Trinajstić information content (AvgIpc) is 3.18. The molecule has 0 saturated heterocycles. The van der Waals surface area contributed by atoms with Crippen LogP contribution < -0.4 is 10.6 Å². The maximum absolute atomic E-state index is 12.1. The molecule has 9 heteroatoms. The van der Waals surface area contributed by atoms with Gasteiger partial charge >= 0.3 is 0 Å². The molecule has 25 heavy (non-hydrogen) atoms. The zero-order chi connectivity index (χ0) is 18.8. The highest BCUT2D eigenvalue weighted by molar-refractivity contribution is 5.92. The Morgan fingerprint density at radius 1 is 1.40 bits per heavy atom. The van der Waals surface area contributed by atoms with E-state index in [4.69, 9.17) is 9.90 Å². The first kappa shape index (κ1) is 20.7. The van der Waals surface area contributed by atoms with Crippen LogP contribution in [0.25, 0.3) is 0 Å². The molecule has 1 saturated carbocycles. The number of aliphatic hydroxyl groups excluding tert-OH is 1. The van der Waals surface area contributed by atoms with Gasteiger partial charge in [-0.15, -0.1) is 0 Å². The molecule has 0 bridgehead atoms. The Morgan fingerprint density at radius 3 is 2.64 bits per heavy atom. The second-order valence-electron chi connectivity index (χ2n) is 6.10. The zero-order valence-electron chi connectivity index (χ0n) is 14.4. The molecule has 0 unspecified atom stereocenters. The second kappa shape index (κ2) is 10.5. The maximum Gasteiger partial charge on any atom is 0.290 e. The number of aromatic amines is 1. The number of aromatic nitrogens is 1. The van der Waals surface area contributed by atoms with Crippen molar-refractivity contribution in [1.82, 2.24) is 20.5 Å². The molecule has 1 aliphatic rings. The fraction of sp³-hybridized carbons (Fsp3) is 0.562. The smallest absolute Gasteiger partial charge is 0.290 e. The molecule has 9 nitrogen and oxygen atoms in total. The Balaban J connectivity index is 0.000000970. The van der Waals surface area contributed by atoms with Crippen LogP contribution in [0.4, 0.5) is 0 Å².